The summed E-state index contributed by atoms with van der Waals surface area (Å²) in [6.45, 7) is 3.96. The number of ketones is 2. The summed E-state index contributed by atoms with van der Waals surface area (Å²) in [5.74, 6) is -2.58. The van der Waals surface area contributed by atoms with E-state index in [2.05, 4.69) is 10.3 Å². The third-order valence-electron chi connectivity index (χ3n) is 5.30. The summed E-state index contributed by atoms with van der Waals surface area (Å²) < 4.78 is 13.2. The van der Waals surface area contributed by atoms with Gasteiger partial charge in [-0.15, -0.1) is 0 Å². The van der Waals surface area contributed by atoms with E-state index in [1.807, 2.05) is 26.0 Å². The van der Waals surface area contributed by atoms with Crippen LogP contribution in [0.3, 0.4) is 0 Å². The molecule has 156 valence electrons. The maximum atomic E-state index is 13.2. The normalized spacial score (nSPS) is 18.9. The number of nitrogens with one attached hydrogen (secondary N) is 1. The third kappa shape index (κ3) is 4.65. The summed E-state index contributed by atoms with van der Waals surface area (Å²) in [5, 5.41) is 2.65. The van der Waals surface area contributed by atoms with E-state index >= 15 is 0 Å². The summed E-state index contributed by atoms with van der Waals surface area (Å²) >= 11 is 5.42. The molecule has 1 N–H and O–H groups in total. The summed E-state index contributed by atoms with van der Waals surface area (Å²) in [7, 11) is 0. The molecule has 2 atom stereocenters. The van der Waals surface area contributed by atoms with Crippen molar-refractivity contribution in [3.8, 4) is 11.3 Å². The Hall–Kier alpha value is -2.86. The largest absolute Gasteiger partial charge is 0.353 e. The van der Waals surface area contributed by atoms with Crippen molar-refractivity contribution in [2.24, 2.45) is 5.92 Å². The zero-order valence-corrected chi connectivity index (χ0v) is 17.5. The molecular weight excluding hydrogens is 407 g/mol. The second kappa shape index (κ2) is 9.30. The van der Waals surface area contributed by atoms with Crippen LogP contribution < -0.4 is 5.32 Å². The Morgan fingerprint density at radius 3 is 2.57 bits per heavy atom. The molecule has 30 heavy (non-hydrogen) atoms. The van der Waals surface area contributed by atoms with Crippen LogP contribution in [-0.2, 0) is 14.4 Å². The Bertz CT molecular complexity index is 995. The van der Waals surface area contributed by atoms with Crippen molar-refractivity contribution in [1.29, 1.82) is 0 Å². The van der Waals surface area contributed by atoms with Gasteiger partial charge in [0.15, 0.2) is 5.78 Å². The molecule has 7 heteroatoms. The first-order chi connectivity index (χ1) is 14.3. The molecule has 2 unspecified atom stereocenters. The monoisotopic (exact) mass is 428 g/mol. The summed E-state index contributed by atoms with van der Waals surface area (Å²) in [6, 6.07) is 6.62. The number of carbonyl (C=O) groups is 3. The lowest BCUT2D eigenvalue weighted by atomic mass is 9.85. The van der Waals surface area contributed by atoms with Crippen LogP contribution >= 0.6 is 11.6 Å². The number of Topliss-reactive ketones (excluding diaryl/α,β-unsaturated/α-hetero) is 2. The molecule has 1 fully saturated rings. The van der Waals surface area contributed by atoms with E-state index in [0.717, 1.165) is 22.9 Å². The van der Waals surface area contributed by atoms with Gasteiger partial charge in [0.05, 0.1) is 11.9 Å². The number of hydrogen-bond acceptors (Lipinski definition) is 4. The molecule has 0 saturated heterocycles. The summed E-state index contributed by atoms with van der Waals surface area (Å²) in [4.78, 5) is 41.8. The van der Waals surface area contributed by atoms with Gasteiger partial charge in [0.25, 0.3) is 0 Å². The van der Waals surface area contributed by atoms with E-state index in [-0.39, 0.29) is 36.9 Å². The first-order valence-corrected chi connectivity index (χ1v) is 10.1. The summed E-state index contributed by atoms with van der Waals surface area (Å²) in [6.07, 6.45) is 2.76. The number of rotatable bonds is 6. The van der Waals surface area contributed by atoms with Crippen molar-refractivity contribution in [3.63, 3.8) is 0 Å². The Balaban J connectivity index is 1.83. The number of hydrogen-bond donors (Lipinski definition) is 1. The molecule has 5 nitrogen and oxygen atoms in total. The molecular formula is C23H22ClFN2O3. The molecule has 1 amide bonds. The first kappa shape index (κ1) is 21.8. The molecule has 0 bridgehead atoms. The highest BCUT2D eigenvalue weighted by Crippen LogP contribution is 2.38. The number of amides is 1. The number of halogens is 2. The van der Waals surface area contributed by atoms with Gasteiger partial charge in [-0.25, -0.2) is 4.39 Å². The highest BCUT2D eigenvalue weighted by Gasteiger charge is 2.43. The SMILES string of the molecule is Cc1cc(-c2ccc(F)cn2)cc(C)c1C1C(=O)CC(CC(=O)NC/C=C/Cl)C1=O. The van der Waals surface area contributed by atoms with Crippen molar-refractivity contribution in [2.75, 3.05) is 6.54 Å². The van der Waals surface area contributed by atoms with Crippen LogP contribution in [0.25, 0.3) is 11.3 Å². The van der Waals surface area contributed by atoms with E-state index in [4.69, 9.17) is 11.6 Å². The van der Waals surface area contributed by atoms with Crippen molar-refractivity contribution < 1.29 is 18.8 Å². The van der Waals surface area contributed by atoms with Crippen LogP contribution in [0.15, 0.2) is 42.1 Å². The number of carbonyl (C=O) groups excluding carboxylic acids is 3. The smallest absolute Gasteiger partial charge is 0.220 e. The maximum absolute atomic E-state index is 13.2. The minimum absolute atomic E-state index is 0.0210. The fraction of sp³-hybridized carbons (Fsp3) is 0.304. The average molecular weight is 429 g/mol. The molecule has 1 heterocycles. The van der Waals surface area contributed by atoms with Crippen molar-refractivity contribution in [3.05, 3.63) is 64.6 Å². The van der Waals surface area contributed by atoms with E-state index < -0.39 is 17.7 Å². The van der Waals surface area contributed by atoms with E-state index in [9.17, 15) is 18.8 Å². The van der Waals surface area contributed by atoms with Crippen LogP contribution in [0.2, 0.25) is 0 Å². The zero-order valence-electron chi connectivity index (χ0n) is 16.7. The molecule has 3 rings (SSSR count). The minimum atomic E-state index is -0.860. The van der Waals surface area contributed by atoms with Gasteiger partial charge in [0, 0.05) is 36.4 Å². The van der Waals surface area contributed by atoms with E-state index in [0.29, 0.717) is 11.3 Å². The lowest BCUT2D eigenvalue weighted by molar-refractivity contribution is -0.128. The molecule has 1 saturated carbocycles. The van der Waals surface area contributed by atoms with Crippen LogP contribution in [0.5, 0.6) is 0 Å². The molecule has 1 aromatic carbocycles. The van der Waals surface area contributed by atoms with Gasteiger partial charge in [0.1, 0.15) is 17.5 Å². The van der Waals surface area contributed by atoms with Gasteiger partial charge in [-0.1, -0.05) is 17.7 Å². The fourth-order valence-electron chi connectivity index (χ4n) is 3.97. The van der Waals surface area contributed by atoms with Crippen LogP contribution in [0.4, 0.5) is 4.39 Å². The van der Waals surface area contributed by atoms with Gasteiger partial charge >= 0.3 is 0 Å². The number of pyridine rings is 1. The molecule has 0 radical (unpaired) electrons. The Morgan fingerprint density at radius 1 is 1.27 bits per heavy atom. The highest BCUT2D eigenvalue weighted by atomic mass is 35.5. The predicted octanol–water partition coefficient (Wildman–Crippen LogP) is 4.01. The lowest BCUT2D eigenvalue weighted by Crippen LogP contribution is -2.27. The molecule has 1 aliphatic carbocycles. The van der Waals surface area contributed by atoms with Gasteiger partial charge in [0.2, 0.25) is 5.91 Å². The zero-order chi connectivity index (χ0) is 21.8. The van der Waals surface area contributed by atoms with E-state index in [1.54, 1.807) is 12.1 Å². The second-order valence-corrected chi connectivity index (χ2v) is 7.71. The van der Waals surface area contributed by atoms with Gasteiger partial charge in [-0.05, 0) is 54.8 Å². The number of nitrogens with zero attached hydrogens (tertiary/aromatic N) is 1. The second-order valence-electron chi connectivity index (χ2n) is 7.46. The molecule has 0 spiro atoms. The van der Waals surface area contributed by atoms with Crippen LogP contribution in [-0.4, -0.2) is 29.0 Å². The Morgan fingerprint density at radius 2 is 1.97 bits per heavy atom. The first-order valence-electron chi connectivity index (χ1n) is 9.63. The van der Waals surface area contributed by atoms with Crippen molar-refractivity contribution in [2.45, 2.75) is 32.6 Å². The lowest BCUT2D eigenvalue weighted by Gasteiger charge is -2.17. The molecule has 1 aliphatic rings. The molecule has 0 aliphatic heterocycles. The minimum Gasteiger partial charge on any atom is -0.353 e. The third-order valence-corrected chi connectivity index (χ3v) is 5.48. The number of aromatic nitrogens is 1. The van der Waals surface area contributed by atoms with Crippen LogP contribution in [0, 0.1) is 25.6 Å². The quantitative estimate of drug-likeness (QED) is 0.705. The fourth-order valence-corrected chi connectivity index (χ4v) is 4.06. The van der Waals surface area contributed by atoms with Crippen LogP contribution in [0.1, 0.15) is 35.4 Å². The molecule has 1 aromatic heterocycles. The highest BCUT2D eigenvalue weighted by molar-refractivity contribution is 6.25. The standard InChI is InChI=1S/C23H22ClFN2O3/c1-13-8-15(18-5-4-17(25)12-27-18)9-14(2)21(13)22-19(28)10-16(23(22)30)11-20(29)26-7-3-6-24/h3-6,8-9,12,16,22H,7,10-11H2,1-2H3,(H,26,29)/b6-3+. The predicted molar refractivity (Wildman–Crippen MR) is 113 cm³/mol. The van der Waals surface area contributed by atoms with E-state index in [1.165, 1.54) is 11.6 Å². The number of benzene rings is 1. The van der Waals surface area contributed by atoms with Crippen molar-refractivity contribution in [1.82, 2.24) is 10.3 Å². The Labute approximate surface area is 179 Å². The van der Waals surface area contributed by atoms with Gasteiger partial charge < -0.3 is 5.32 Å². The summed E-state index contributed by atoms with van der Waals surface area (Å²) in [5.41, 5.74) is 4.97. The average Bonchev–Trinajstić information content (AvgIpc) is 2.96. The van der Waals surface area contributed by atoms with Crippen molar-refractivity contribution >= 4 is 29.1 Å². The van der Waals surface area contributed by atoms with Gasteiger partial charge in [-0.3, -0.25) is 19.4 Å². The Kier molecular flexibility index (Phi) is 6.77. The topological polar surface area (TPSA) is 76.1 Å². The maximum Gasteiger partial charge on any atom is 0.220 e. The van der Waals surface area contributed by atoms with Gasteiger partial charge in [-0.2, -0.15) is 0 Å². The number of aryl methyl sites for hydroxylation is 2. The molecule has 2 aromatic rings.